The van der Waals surface area contributed by atoms with Crippen LogP contribution in [-0.4, -0.2) is 41.3 Å². The lowest BCUT2D eigenvalue weighted by atomic mass is 10.2. The van der Waals surface area contributed by atoms with E-state index in [-0.39, 0.29) is 11.8 Å². The average molecular weight is 337 g/mol. The van der Waals surface area contributed by atoms with Crippen molar-refractivity contribution in [3.05, 3.63) is 15.6 Å². The van der Waals surface area contributed by atoms with Gasteiger partial charge in [0.1, 0.15) is 4.88 Å². The topological polar surface area (TPSA) is 62.3 Å². The molecule has 0 unspecified atom stereocenters. The van der Waals surface area contributed by atoms with Crippen molar-refractivity contribution >= 4 is 23.2 Å². The summed E-state index contributed by atoms with van der Waals surface area (Å²) in [5, 5.41) is 3.96. The number of carbonyl (C=O) groups excluding carboxylic acids is 2. The molecule has 2 amide bonds. The molecule has 5 nitrogen and oxygen atoms in total. The largest absolute Gasteiger partial charge is 0.351 e. The van der Waals surface area contributed by atoms with Crippen molar-refractivity contribution in [3.63, 3.8) is 0 Å². The van der Waals surface area contributed by atoms with Crippen LogP contribution in [0.5, 0.6) is 0 Å². The number of nitrogens with zero attached hydrogens (tertiary/aromatic N) is 2. The predicted octanol–water partition coefficient (Wildman–Crippen LogP) is 3.10. The lowest BCUT2D eigenvalue weighted by Gasteiger charge is -2.20. The summed E-state index contributed by atoms with van der Waals surface area (Å²) in [5.41, 5.74) is 0.805. The quantitative estimate of drug-likeness (QED) is 0.811. The third-order valence-electron chi connectivity index (χ3n) is 4.08. The van der Waals surface area contributed by atoms with Gasteiger partial charge in [-0.3, -0.25) is 9.59 Å². The van der Waals surface area contributed by atoms with Crippen LogP contribution in [0.15, 0.2) is 0 Å². The number of nitrogens with one attached hydrogen (secondary N) is 1. The number of hydrogen-bond donors (Lipinski definition) is 1. The Morgan fingerprint density at radius 2 is 2.13 bits per heavy atom. The van der Waals surface area contributed by atoms with Crippen LogP contribution in [-0.2, 0) is 4.79 Å². The summed E-state index contributed by atoms with van der Waals surface area (Å²) in [7, 11) is 0. The summed E-state index contributed by atoms with van der Waals surface area (Å²) in [6, 6.07) is 0. The maximum Gasteiger partial charge on any atom is 0.263 e. The van der Waals surface area contributed by atoms with E-state index in [9.17, 15) is 9.59 Å². The molecule has 1 aliphatic heterocycles. The van der Waals surface area contributed by atoms with Gasteiger partial charge in [0.15, 0.2) is 0 Å². The van der Waals surface area contributed by atoms with Crippen molar-refractivity contribution in [2.24, 2.45) is 0 Å². The Labute approximate surface area is 142 Å². The summed E-state index contributed by atoms with van der Waals surface area (Å²) in [6.07, 6.45) is 4.71. The first-order valence-electron chi connectivity index (χ1n) is 8.52. The van der Waals surface area contributed by atoms with Crippen LogP contribution in [0.3, 0.4) is 0 Å². The molecule has 128 valence electrons. The Morgan fingerprint density at radius 3 is 2.83 bits per heavy atom. The second-order valence-corrected chi connectivity index (χ2v) is 7.45. The molecule has 1 aromatic rings. The van der Waals surface area contributed by atoms with Gasteiger partial charge in [-0.15, -0.1) is 11.3 Å². The molecule has 2 rings (SSSR count). The van der Waals surface area contributed by atoms with E-state index in [0.29, 0.717) is 23.8 Å². The molecule has 1 aromatic heterocycles. The predicted molar refractivity (Wildman–Crippen MR) is 92.9 cm³/mol. The first kappa shape index (κ1) is 17.9. The third kappa shape index (κ3) is 5.03. The van der Waals surface area contributed by atoms with Crippen LogP contribution >= 0.6 is 11.3 Å². The first-order valence-corrected chi connectivity index (χ1v) is 9.34. The zero-order chi connectivity index (χ0) is 16.8. The van der Waals surface area contributed by atoms with Gasteiger partial charge >= 0.3 is 0 Å². The molecule has 0 spiro atoms. The lowest BCUT2D eigenvalue weighted by molar-refractivity contribution is -0.130. The summed E-state index contributed by atoms with van der Waals surface area (Å²) in [5.74, 6) is 0.553. The number of rotatable bonds is 6. The highest BCUT2D eigenvalue weighted by Gasteiger charge is 2.18. The maximum atomic E-state index is 12.3. The van der Waals surface area contributed by atoms with E-state index in [2.05, 4.69) is 24.1 Å². The molecule has 1 aliphatic rings. The van der Waals surface area contributed by atoms with Crippen LogP contribution in [0, 0.1) is 6.92 Å². The standard InChI is InChI=1S/C17H27N3O2S/c1-12(2)17-19-13(3)15(23-17)16(22)18-9-7-11-20-10-6-4-5-8-14(20)21/h12H,4-11H2,1-3H3,(H,18,22). The summed E-state index contributed by atoms with van der Waals surface area (Å²) in [4.78, 5) is 31.3. The van der Waals surface area contributed by atoms with Crippen molar-refractivity contribution in [1.82, 2.24) is 15.2 Å². The maximum absolute atomic E-state index is 12.3. The minimum atomic E-state index is -0.0471. The number of thiazole rings is 1. The van der Waals surface area contributed by atoms with E-state index in [4.69, 9.17) is 0 Å². The van der Waals surface area contributed by atoms with E-state index in [1.165, 1.54) is 11.3 Å². The van der Waals surface area contributed by atoms with E-state index in [0.717, 1.165) is 49.5 Å². The van der Waals surface area contributed by atoms with Crippen molar-refractivity contribution < 1.29 is 9.59 Å². The highest BCUT2D eigenvalue weighted by Crippen LogP contribution is 2.24. The van der Waals surface area contributed by atoms with Crippen molar-refractivity contribution in [2.45, 2.75) is 58.8 Å². The minimum absolute atomic E-state index is 0.0471. The smallest absolute Gasteiger partial charge is 0.263 e. The summed E-state index contributed by atoms with van der Waals surface area (Å²) < 4.78 is 0. The van der Waals surface area contributed by atoms with Gasteiger partial charge in [-0.25, -0.2) is 4.98 Å². The Balaban J connectivity index is 1.77. The molecule has 0 aliphatic carbocycles. The van der Waals surface area contributed by atoms with Crippen LogP contribution in [0.4, 0.5) is 0 Å². The Bertz CT molecular complexity index is 554. The molecule has 0 bridgehead atoms. The third-order valence-corrected chi connectivity index (χ3v) is 5.53. The number of carbonyl (C=O) groups is 2. The average Bonchev–Trinajstić information content (AvgIpc) is 2.79. The molecule has 6 heteroatoms. The minimum Gasteiger partial charge on any atom is -0.351 e. The van der Waals surface area contributed by atoms with E-state index >= 15 is 0 Å². The SMILES string of the molecule is Cc1nc(C(C)C)sc1C(=O)NCCCN1CCCCCC1=O. The number of likely N-dealkylation sites (tertiary alicyclic amines) is 1. The van der Waals surface area contributed by atoms with Crippen LogP contribution in [0.2, 0.25) is 0 Å². The fraction of sp³-hybridized carbons (Fsp3) is 0.706. The van der Waals surface area contributed by atoms with Gasteiger partial charge in [0.05, 0.1) is 10.7 Å². The number of amides is 2. The summed E-state index contributed by atoms with van der Waals surface area (Å²) in [6.45, 7) is 8.23. The lowest BCUT2D eigenvalue weighted by Crippen LogP contribution is -2.33. The summed E-state index contributed by atoms with van der Waals surface area (Å²) >= 11 is 1.48. The second kappa shape index (κ2) is 8.43. The van der Waals surface area contributed by atoms with Crippen LogP contribution in [0.1, 0.15) is 72.2 Å². The molecule has 1 N–H and O–H groups in total. The van der Waals surface area contributed by atoms with Gasteiger partial charge in [-0.05, 0) is 26.2 Å². The molecule has 0 radical (unpaired) electrons. The number of aromatic nitrogens is 1. The molecule has 0 aromatic carbocycles. The molecular formula is C17H27N3O2S. The fourth-order valence-electron chi connectivity index (χ4n) is 2.70. The Morgan fingerprint density at radius 1 is 1.35 bits per heavy atom. The van der Waals surface area contributed by atoms with E-state index in [1.54, 1.807) is 0 Å². The molecule has 1 saturated heterocycles. The number of hydrogen-bond acceptors (Lipinski definition) is 4. The van der Waals surface area contributed by atoms with Gasteiger partial charge in [-0.1, -0.05) is 20.3 Å². The van der Waals surface area contributed by atoms with E-state index in [1.807, 2.05) is 11.8 Å². The molecule has 0 saturated carbocycles. The molecule has 23 heavy (non-hydrogen) atoms. The normalized spacial score (nSPS) is 15.8. The number of aryl methyl sites for hydroxylation is 1. The zero-order valence-electron chi connectivity index (χ0n) is 14.4. The highest BCUT2D eigenvalue weighted by atomic mass is 32.1. The van der Waals surface area contributed by atoms with Gasteiger partial charge in [-0.2, -0.15) is 0 Å². The van der Waals surface area contributed by atoms with Gasteiger partial charge in [0.2, 0.25) is 5.91 Å². The zero-order valence-corrected chi connectivity index (χ0v) is 15.2. The van der Waals surface area contributed by atoms with E-state index < -0.39 is 0 Å². The molecule has 2 heterocycles. The first-order chi connectivity index (χ1) is 11.0. The van der Waals surface area contributed by atoms with Gasteiger partial charge in [0, 0.05) is 32.0 Å². The molecular weight excluding hydrogens is 310 g/mol. The van der Waals surface area contributed by atoms with Gasteiger partial charge in [0.25, 0.3) is 5.91 Å². The second-order valence-electron chi connectivity index (χ2n) is 6.42. The molecule has 0 atom stereocenters. The van der Waals surface area contributed by atoms with Crippen molar-refractivity contribution in [3.8, 4) is 0 Å². The Kier molecular flexibility index (Phi) is 6.57. The molecule has 1 fully saturated rings. The fourth-order valence-corrected chi connectivity index (χ4v) is 3.69. The monoisotopic (exact) mass is 337 g/mol. The van der Waals surface area contributed by atoms with Gasteiger partial charge < -0.3 is 10.2 Å². The van der Waals surface area contributed by atoms with Crippen molar-refractivity contribution in [1.29, 1.82) is 0 Å². The Hall–Kier alpha value is -1.43. The van der Waals surface area contributed by atoms with Crippen LogP contribution in [0.25, 0.3) is 0 Å². The van der Waals surface area contributed by atoms with Crippen LogP contribution < -0.4 is 5.32 Å². The van der Waals surface area contributed by atoms with Crippen molar-refractivity contribution in [2.75, 3.05) is 19.6 Å². The highest BCUT2D eigenvalue weighted by molar-refractivity contribution is 7.13.